The van der Waals surface area contributed by atoms with E-state index in [1.54, 1.807) is 38.1 Å². The number of benzene rings is 2. The quantitative estimate of drug-likeness (QED) is 0.284. The molecule has 0 unspecified atom stereocenters. The summed E-state index contributed by atoms with van der Waals surface area (Å²) < 4.78 is 18.4. The number of carbonyl (C=O) groups is 1. The van der Waals surface area contributed by atoms with E-state index in [1.807, 2.05) is 26.8 Å². The molecule has 2 aromatic carbocycles. The summed E-state index contributed by atoms with van der Waals surface area (Å²) in [6.45, 7) is 9.35. The molecule has 0 aliphatic rings. The van der Waals surface area contributed by atoms with Crippen LogP contribution in [0.1, 0.15) is 46.0 Å². The first-order valence-corrected chi connectivity index (χ1v) is 12.1. The number of fused-ring (bicyclic) bond motifs is 1. The van der Waals surface area contributed by atoms with Gasteiger partial charge >= 0.3 is 5.97 Å². The third-order valence-corrected chi connectivity index (χ3v) is 5.68. The minimum atomic E-state index is -0.912. The second-order valence-corrected chi connectivity index (χ2v) is 10.1. The molecule has 0 fully saturated rings. The topological polar surface area (TPSA) is 92.0 Å². The molecular formula is C25H27BrClN3O5. The summed E-state index contributed by atoms with van der Waals surface area (Å²) >= 11 is 9.69. The van der Waals surface area contributed by atoms with Crippen LogP contribution in [0.3, 0.4) is 0 Å². The highest BCUT2D eigenvalue weighted by atomic mass is 79.9. The third kappa shape index (κ3) is 6.02. The van der Waals surface area contributed by atoms with Crippen molar-refractivity contribution in [2.75, 3.05) is 13.7 Å². The molecule has 1 aromatic heterocycles. The van der Waals surface area contributed by atoms with Gasteiger partial charge in [-0.2, -0.15) is 9.78 Å². The van der Waals surface area contributed by atoms with Crippen LogP contribution < -0.4 is 15.0 Å². The Morgan fingerprint density at radius 1 is 1.29 bits per heavy atom. The third-order valence-electron chi connectivity index (χ3n) is 4.97. The van der Waals surface area contributed by atoms with Gasteiger partial charge in [0.1, 0.15) is 5.82 Å². The zero-order valence-corrected chi connectivity index (χ0v) is 22.7. The van der Waals surface area contributed by atoms with Gasteiger partial charge in [0, 0.05) is 26.5 Å². The van der Waals surface area contributed by atoms with E-state index >= 15 is 0 Å². The Morgan fingerprint density at radius 2 is 2.00 bits per heavy atom. The summed E-state index contributed by atoms with van der Waals surface area (Å²) in [5.41, 5.74) is 0.174. The lowest BCUT2D eigenvalue weighted by atomic mass is 9.95. The highest BCUT2D eigenvalue weighted by molar-refractivity contribution is 9.10. The standard InChI is InChI=1S/C25H27BrClN3O5/c1-7-34-23(32)14(2)35-21-15(10-17(27)12-20(21)33-6)13-28-30-22(31)18-11-16(26)8-9-19(18)29-24(30)25(3,4)5/h8-14H,7H2,1-6H3/t14-/m1/s1. The normalized spacial score (nSPS) is 12.7. The molecule has 8 nitrogen and oxygen atoms in total. The molecule has 35 heavy (non-hydrogen) atoms. The largest absolute Gasteiger partial charge is 0.493 e. The molecule has 0 aliphatic heterocycles. The highest BCUT2D eigenvalue weighted by Gasteiger charge is 2.24. The monoisotopic (exact) mass is 563 g/mol. The van der Waals surface area contributed by atoms with Gasteiger partial charge in [0.2, 0.25) is 0 Å². The second kappa shape index (κ2) is 10.8. The summed E-state index contributed by atoms with van der Waals surface area (Å²) in [6.07, 6.45) is 0.522. The maximum Gasteiger partial charge on any atom is 0.347 e. The molecule has 3 rings (SSSR count). The van der Waals surface area contributed by atoms with Crippen molar-refractivity contribution in [1.29, 1.82) is 0 Å². The second-order valence-electron chi connectivity index (χ2n) is 8.75. The number of hydrogen-bond donors (Lipinski definition) is 0. The Balaban J connectivity index is 2.18. The zero-order valence-electron chi connectivity index (χ0n) is 20.4. The van der Waals surface area contributed by atoms with Gasteiger partial charge in [0.15, 0.2) is 17.6 Å². The van der Waals surface area contributed by atoms with E-state index in [2.05, 4.69) is 21.0 Å². The molecule has 0 spiro atoms. The Labute approximate surface area is 217 Å². The van der Waals surface area contributed by atoms with E-state index < -0.39 is 17.5 Å². The van der Waals surface area contributed by atoms with E-state index in [9.17, 15) is 9.59 Å². The molecule has 0 amide bonds. The van der Waals surface area contributed by atoms with Crippen molar-refractivity contribution in [2.45, 2.75) is 46.1 Å². The van der Waals surface area contributed by atoms with Crippen molar-refractivity contribution in [1.82, 2.24) is 9.66 Å². The number of ether oxygens (including phenoxy) is 3. The van der Waals surface area contributed by atoms with Crippen LogP contribution in [-0.2, 0) is 14.9 Å². The van der Waals surface area contributed by atoms with Crippen LogP contribution in [0.15, 0.2) is 44.7 Å². The van der Waals surface area contributed by atoms with Crippen molar-refractivity contribution < 1.29 is 19.0 Å². The Kier molecular flexibility index (Phi) is 8.22. The highest BCUT2D eigenvalue weighted by Crippen LogP contribution is 2.35. The van der Waals surface area contributed by atoms with Crippen LogP contribution in [0.2, 0.25) is 5.02 Å². The maximum atomic E-state index is 13.4. The van der Waals surface area contributed by atoms with Gasteiger partial charge in [-0.05, 0) is 38.1 Å². The average molecular weight is 565 g/mol. The Hall–Kier alpha value is -2.91. The zero-order chi connectivity index (χ0) is 25.9. The average Bonchev–Trinajstić information content (AvgIpc) is 2.79. The number of aromatic nitrogens is 2. The Morgan fingerprint density at radius 3 is 2.63 bits per heavy atom. The number of halogens is 2. The smallest absolute Gasteiger partial charge is 0.347 e. The fraction of sp³-hybridized carbons (Fsp3) is 0.360. The van der Waals surface area contributed by atoms with Crippen LogP contribution in [0.4, 0.5) is 0 Å². The van der Waals surface area contributed by atoms with Crippen molar-refractivity contribution in [3.05, 3.63) is 61.6 Å². The maximum absolute atomic E-state index is 13.4. The number of hydrogen-bond acceptors (Lipinski definition) is 7. The van der Waals surface area contributed by atoms with Gasteiger partial charge in [0.25, 0.3) is 5.56 Å². The molecule has 1 atom stereocenters. The van der Waals surface area contributed by atoms with E-state index in [1.165, 1.54) is 18.0 Å². The van der Waals surface area contributed by atoms with Crippen molar-refractivity contribution in [3.63, 3.8) is 0 Å². The van der Waals surface area contributed by atoms with E-state index in [0.29, 0.717) is 33.1 Å². The predicted molar refractivity (Wildman–Crippen MR) is 140 cm³/mol. The van der Waals surface area contributed by atoms with Crippen LogP contribution in [-0.4, -0.2) is 41.7 Å². The van der Waals surface area contributed by atoms with Crippen LogP contribution in [0.5, 0.6) is 11.5 Å². The number of carbonyl (C=O) groups excluding carboxylic acids is 1. The minimum Gasteiger partial charge on any atom is -0.493 e. The molecule has 0 radical (unpaired) electrons. The first-order chi connectivity index (χ1) is 16.5. The fourth-order valence-corrected chi connectivity index (χ4v) is 3.89. The molecule has 0 saturated heterocycles. The lowest BCUT2D eigenvalue weighted by Crippen LogP contribution is -2.29. The van der Waals surface area contributed by atoms with Gasteiger partial charge in [0.05, 0.1) is 30.8 Å². The summed E-state index contributed by atoms with van der Waals surface area (Å²) in [6, 6.07) is 8.50. The van der Waals surface area contributed by atoms with E-state index in [4.69, 9.17) is 30.8 Å². The Bertz CT molecular complexity index is 1350. The molecule has 0 saturated carbocycles. The van der Waals surface area contributed by atoms with Gasteiger partial charge in [-0.3, -0.25) is 4.79 Å². The molecule has 186 valence electrons. The van der Waals surface area contributed by atoms with Crippen LogP contribution in [0, 0.1) is 0 Å². The molecular weight excluding hydrogens is 538 g/mol. The van der Waals surface area contributed by atoms with Crippen molar-refractivity contribution in [3.8, 4) is 11.5 Å². The molecule has 0 N–H and O–H groups in total. The first-order valence-electron chi connectivity index (χ1n) is 10.9. The molecule has 3 aromatic rings. The molecule has 0 aliphatic carbocycles. The predicted octanol–water partition coefficient (Wildman–Crippen LogP) is 5.33. The summed E-state index contributed by atoms with van der Waals surface area (Å²) in [7, 11) is 1.46. The summed E-state index contributed by atoms with van der Waals surface area (Å²) in [5.74, 6) is 0.495. The summed E-state index contributed by atoms with van der Waals surface area (Å²) in [5, 5.41) is 5.26. The summed E-state index contributed by atoms with van der Waals surface area (Å²) in [4.78, 5) is 30.3. The molecule has 1 heterocycles. The van der Waals surface area contributed by atoms with E-state index in [0.717, 1.165) is 4.47 Å². The number of esters is 1. The van der Waals surface area contributed by atoms with Crippen molar-refractivity contribution in [2.24, 2.45) is 5.10 Å². The van der Waals surface area contributed by atoms with Gasteiger partial charge < -0.3 is 14.2 Å². The SMILES string of the molecule is CCOC(=O)[C@@H](C)Oc1c(C=Nn2c(C(C)(C)C)nc3ccc(Br)cc3c2=O)cc(Cl)cc1OC. The minimum absolute atomic E-state index is 0.224. The molecule has 0 bridgehead atoms. The lowest BCUT2D eigenvalue weighted by Gasteiger charge is -2.21. The van der Waals surface area contributed by atoms with Crippen molar-refractivity contribution >= 4 is 50.6 Å². The van der Waals surface area contributed by atoms with Gasteiger partial charge in [-0.15, -0.1) is 0 Å². The number of methoxy groups -OCH3 is 1. The first kappa shape index (κ1) is 26.7. The lowest BCUT2D eigenvalue weighted by molar-refractivity contribution is -0.150. The number of nitrogens with zero attached hydrogens (tertiary/aromatic N) is 3. The van der Waals surface area contributed by atoms with Gasteiger partial charge in [-0.25, -0.2) is 9.78 Å². The van der Waals surface area contributed by atoms with Crippen LogP contribution >= 0.6 is 27.5 Å². The van der Waals surface area contributed by atoms with Gasteiger partial charge in [-0.1, -0.05) is 48.3 Å². The fourth-order valence-electron chi connectivity index (χ4n) is 3.31. The van der Waals surface area contributed by atoms with E-state index in [-0.39, 0.29) is 17.9 Å². The molecule has 10 heteroatoms. The number of rotatable bonds is 7. The van der Waals surface area contributed by atoms with Crippen LogP contribution in [0.25, 0.3) is 10.9 Å².